The molecule has 0 bridgehead atoms. The fourth-order valence-corrected chi connectivity index (χ4v) is 2.35. The minimum Gasteiger partial charge on any atom is -0.371 e. The number of halogens is 2. The van der Waals surface area contributed by atoms with Gasteiger partial charge in [0.2, 0.25) is 0 Å². The van der Waals surface area contributed by atoms with Crippen molar-refractivity contribution in [3.05, 3.63) is 39.6 Å². The molecule has 6 heteroatoms. The molecule has 0 aliphatic carbocycles. The number of pyridine rings is 1. The summed E-state index contributed by atoms with van der Waals surface area (Å²) in [7, 11) is 1.54. The zero-order valence-electron chi connectivity index (χ0n) is 10.1. The number of aryl methyl sites for hydroxylation is 1. The predicted molar refractivity (Wildman–Crippen MR) is 70.1 cm³/mol. The summed E-state index contributed by atoms with van der Waals surface area (Å²) >= 11 is 1.62. The quantitative estimate of drug-likeness (QED) is 0.893. The summed E-state index contributed by atoms with van der Waals surface area (Å²) in [5.41, 5.74) is 0. The van der Waals surface area contributed by atoms with Crippen molar-refractivity contribution in [1.82, 2.24) is 4.98 Å². The predicted octanol–water partition coefficient (Wildman–Crippen LogP) is 3.38. The molecule has 2 rings (SSSR count). The van der Waals surface area contributed by atoms with Gasteiger partial charge >= 0.3 is 0 Å². The zero-order valence-corrected chi connectivity index (χ0v) is 10.9. The Balaban J connectivity index is 2.13. The number of nitrogens with zero attached hydrogens (tertiary/aromatic N) is 1. The normalized spacial score (nSPS) is 10.4. The van der Waals surface area contributed by atoms with Crippen LogP contribution < -0.4 is 10.6 Å². The van der Waals surface area contributed by atoms with Crippen LogP contribution in [0.4, 0.5) is 20.4 Å². The zero-order chi connectivity index (χ0) is 13.1. The molecule has 2 aromatic rings. The summed E-state index contributed by atoms with van der Waals surface area (Å²) in [5, 5.41) is 5.44. The van der Waals surface area contributed by atoms with Gasteiger partial charge in [0.25, 0.3) is 0 Å². The Morgan fingerprint density at radius 1 is 1.22 bits per heavy atom. The molecule has 2 aromatic heterocycles. The number of anilines is 2. The van der Waals surface area contributed by atoms with E-state index in [9.17, 15) is 8.78 Å². The molecule has 0 fully saturated rings. The van der Waals surface area contributed by atoms with Gasteiger partial charge in [0.15, 0.2) is 23.3 Å². The van der Waals surface area contributed by atoms with Crippen LogP contribution in [-0.2, 0) is 6.54 Å². The highest BCUT2D eigenvalue weighted by Gasteiger charge is 2.10. The summed E-state index contributed by atoms with van der Waals surface area (Å²) < 4.78 is 26.7. The van der Waals surface area contributed by atoms with Crippen molar-refractivity contribution in [1.29, 1.82) is 0 Å². The lowest BCUT2D eigenvalue weighted by Crippen LogP contribution is -2.06. The number of aromatic nitrogens is 1. The lowest BCUT2D eigenvalue weighted by atomic mass is 10.3. The van der Waals surface area contributed by atoms with Crippen molar-refractivity contribution >= 4 is 23.0 Å². The Labute approximate surface area is 108 Å². The maximum atomic E-state index is 13.5. The second-order valence-electron chi connectivity index (χ2n) is 3.77. The third-order valence-electron chi connectivity index (χ3n) is 2.39. The van der Waals surface area contributed by atoms with Crippen LogP contribution in [0, 0.1) is 18.6 Å². The van der Waals surface area contributed by atoms with E-state index in [0.29, 0.717) is 6.54 Å². The first kappa shape index (κ1) is 12.8. The highest BCUT2D eigenvalue weighted by Crippen LogP contribution is 2.21. The van der Waals surface area contributed by atoms with Crippen LogP contribution in [0.1, 0.15) is 9.75 Å². The van der Waals surface area contributed by atoms with Crippen LogP contribution in [0.15, 0.2) is 18.2 Å². The van der Waals surface area contributed by atoms with Gasteiger partial charge in [-0.05, 0) is 19.1 Å². The molecule has 0 unspecified atom stereocenters. The molecule has 0 saturated carbocycles. The molecule has 2 N–H and O–H groups in total. The third kappa shape index (κ3) is 2.76. The van der Waals surface area contributed by atoms with Crippen molar-refractivity contribution in [2.24, 2.45) is 0 Å². The van der Waals surface area contributed by atoms with Gasteiger partial charge in [0, 0.05) is 22.9 Å². The number of nitrogens with one attached hydrogen (secondary N) is 2. The first-order chi connectivity index (χ1) is 8.60. The van der Waals surface area contributed by atoms with Gasteiger partial charge in [-0.3, -0.25) is 0 Å². The minimum absolute atomic E-state index is 0.0289. The first-order valence-corrected chi connectivity index (χ1v) is 6.25. The lowest BCUT2D eigenvalue weighted by molar-refractivity contribution is 0.579. The third-order valence-corrected chi connectivity index (χ3v) is 3.39. The average Bonchev–Trinajstić information content (AvgIpc) is 2.74. The maximum Gasteiger partial charge on any atom is 0.168 e. The van der Waals surface area contributed by atoms with Gasteiger partial charge in [-0.25, -0.2) is 13.8 Å². The van der Waals surface area contributed by atoms with E-state index in [1.54, 1.807) is 11.3 Å². The van der Waals surface area contributed by atoms with Crippen molar-refractivity contribution in [2.75, 3.05) is 17.7 Å². The molecular formula is C12H13F2N3S. The molecule has 0 amide bonds. The Morgan fingerprint density at radius 2 is 1.94 bits per heavy atom. The van der Waals surface area contributed by atoms with Crippen molar-refractivity contribution in [3.8, 4) is 0 Å². The second-order valence-corrected chi connectivity index (χ2v) is 5.14. The van der Waals surface area contributed by atoms with E-state index < -0.39 is 11.6 Å². The number of thiophene rings is 1. The fraction of sp³-hybridized carbons (Fsp3) is 0.250. The Bertz CT molecular complexity index is 554. The number of rotatable bonds is 4. The Kier molecular flexibility index (Phi) is 3.76. The molecule has 0 aliphatic rings. The second kappa shape index (κ2) is 5.30. The van der Waals surface area contributed by atoms with Crippen molar-refractivity contribution in [2.45, 2.75) is 13.5 Å². The van der Waals surface area contributed by atoms with Crippen LogP contribution >= 0.6 is 11.3 Å². The minimum atomic E-state index is -0.701. The topological polar surface area (TPSA) is 37.0 Å². The molecular weight excluding hydrogens is 256 g/mol. The van der Waals surface area contributed by atoms with Gasteiger partial charge in [-0.15, -0.1) is 11.3 Å². The van der Waals surface area contributed by atoms with E-state index in [2.05, 4.69) is 15.6 Å². The van der Waals surface area contributed by atoms with Gasteiger partial charge < -0.3 is 10.6 Å². The maximum absolute atomic E-state index is 13.5. The highest BCUT2D eigenvalue weighted by molar-refractivity contribution is 7.11. The van der Waals surface area contributed by atoms with Crippen molar-refractivity contribution in [3.63, 3.8) is 0 Å². The van der Waals surface area contributed by atoms with Crippen LogP contribution in [0.3, 0.4) is 0 Å². The summed E-state index contributed by atoms with van der Waals surface area (Å²) in [5.74, 6) is -1.32. The molecule has 0 aromatic carbocycles. The van der Waals surface area contributed by atoms with Crippen molar-refractivity contribution < 1.29 is 8.78 Å². The molecule has 0 atom stereocenters. The molecule has 0 spiro atoms. The summed E-state index contributed by atoms with van der Waals surface area (Å²) in [6.45, 7) is 2.47. The molecule has 96 valence electrons. The summed E-state index contributed by atoms with van der Waals surface area (Å²) in [4.78, 5) is 6.11. The highest BCUT2D eigenvalue weighted by atomic mass is 32.1. The van der Waals surface area contributed by atoms with E-state index in [4.69, 9.17) is 0 Å². The van der Waals surface area contributed by atoms with Crippen LogP contribution in [0.25, 0.3) is 0 Å². The molecule has 3 nitrogen and oxygen atoms in total. The molecule has 0 aliphatic heterocycles. The molecule has 0 radical (unpaired) electrons. The van der Waals surface area contributed by atoms with E-state index in [-0.39, 0.29) is 11.6 Å². The van der Waals surface area contributed by atoms with Gasteiger partial charge in [-0.1, -0.05) is 0 Å². The van der Waals surface area contributed by atoms with E-state index in [1.165, 1.54) is 11.9 Å². The monoisotopic (exact) mass is 269 g/mol. The smallest absolute Gasteiger partial charge is 0.168 e. The molecule has 18 heavy (non-hydrogen) atoms. The van der Waals surface area contributed by atoms with Crippen LogP contribution in [0.5, 0.6) is 0 Å². The number of hydrogen-bond acceptors (Lipinski definition) is 4. The Hall–Kier alpha value is -1.69. The van der Waals surface area contributed by atoms with E-state index in [0.717, 1.165) is 10.9 Å². The van der Waals surface area contributed by atoms with Gasteiger partial charge in [-0.2, -0.15) is 0 Å². The first-order valence-electron chi connectivity index (χ1n) is 5.43. The van der Waals surface area contributed by atoms with Gasteiger partial charge in [0.05, 0.1) is 6.54 Å². The molecule has 2 heterocycles. The lowest BCUT2D eigenvalue weighted by Gasteiger charge is -2.08. The summed E-state index contributed by atoms with van der Waals surface area (Å²) in [6, 6.07) is 4.78. The van der Waals surface area contributed by atoms with E-state index in [1.807, 2.05) is 19.1 Å². The molecule has 0 saturated heterocycles. The fourth-order valence-electron chi connectivity index (χ4n) is 1.52. The number of hydrogen-bond donors (Lipinski definition) is 2. The summed E-state index contributed by atoms with van der Waals surface area (Å²) in [6.07, 6.45) is 0. The van der Waals surface area contributed by atoms with Crippen LogP contribution in [0.2, 0.25) is 0 Å². The average molecular weight is 269 g/mol. The van der Waals surface area contributed by atoms with Crippen LogP contribution in [-0.4, -0.2) is 12.0 Å². The van der Waals surface area contributed by atoms with Gasteiger partial charge in [0.1, 0.15) is 0 Å². The SMILES string of the molecule is CNc1nc(NCc2ccc(C)s2)c(F)cc1F. The van der Waals surface area contributed by atoms with E-state index >= 15 is 0 Å². The Morgan fingerprint density at radius 3 is 2.56 bits per heavy atom. The standard InChI is InChI=1S/C12H13F2N3S/c1-7-3-4-8(18-7)6-16-12-10(14)5-9(13)11(15-2)17-12/h3-5H,6H2,1-2H3,(H2,15,16,17). The largest absolute Gasteiger partial charge is 0.371 e.